The van der Waals surface area contributed by atoms with Gasteiger partial charge in [0.1, 0.15) is 17.4 Å². The monoisotopic (exact) mass is 305 g/mol. The molecule has 2 aromatic rings. The number of aryl methyl sites for hydroxylation is 2. The molecule has 1 heterocycles. The molecule has 0 spiro atoms. The number of rotatable bonds is 6. The number of benzene rings is 1. The maximum absolute atomic E-state index is 6.20. The SMILES string of the molecule is CCCc1nc(NCC)cc(Oc2ccc(C)cc2Cl)n1. The van der Waals surface area contributed by atoms with Crippen molar-refractivity contribution in [2.24, 2.45) is 0 Å². The zero-order valence-corrected chi connectivity index (χ0v) is 13.4. The van der Waals surface area contributed by atoms with Crippen LogP contribution in [-0.4, -0.2) is 16.5 Å². The molecule has 0 bridgehead atoms. The van der Waals surface area contributed by atoms with E-state index in [1.807, 2.05) is 32.0 Å². The first-order chi connectivity index (χ1) is 10.1. The van der Waals surface area contributed by atoms with Gasteiger partial charge in [0.2, 0.25) is 5.88 Å². The van der Waals surface area contributed by atoms with E-state index in [4.69, 9.17) is 16.3 Å². The molecule has 0 aliphatic heterocycles. The fourth-order valence-electron chi connectivity index (χ4n) is 1.93. The predicted octanol–water partition coefficient (Wildman–Crippen LogP) is 4.62. The molecule has 0 fully saturated rings. The van der Waals surface area contributed by atoms with Crippen LogP contribution in [0.15, 0.2) is 24.3 Å². The summed E-state index contributed by atoms with van der Waals surface area (Å²) in [6, 6.07) is 7.47. The van der Waals surface area contributed by atoms with Crippen molar-refractivity contribution < 1.29 is 4.74 Å². The normalized spacial score (nSPS) is 10.5. The highest BCUT2D eigenvalue weighted by Crippen LogP contribution is 2.30. The lowest BCUT2D eigenvalue weighted by atomic mass is 10.2. The molecule has 0 unspecified atom stereocenters. The Kier molecular flexibility index (Phi) is 5.39. The molecule has 0 saturated heterocycles. The van der Waals surface area contributed by atoms with Gasteiger partial charge in [-0.1, -0.05) is 24.6 Å². The zero-order chi connectivity index (χ0) is 15.2. The molecule has 0 atom stereocenters. The second-order valence-corrected chi connectivity index (χ2v) is 5.23. The molecule has 0 amide bonds. The summed E-state index contributed by atoms with van der Waals surface area (Å²) in [5, 5.41) is 3.77. The van der Waals surface area contributed by atoms with E-state index in [9.17, 15) is 0 Å². The van der Waals surface area contributed by atoms with E-state index in [1.54, 1.807) is 6.07 Å². The first-order valence-electron chi connectivity index (χ1n) is 7.18. The number of nitrogens with one attached hydrogen (secondary N) is 1. The molecular formula is C16H20ClN3O. The lowest BCUT2D eigenvalue weighted by Gasteiger charge is -2.11. The fourth-order valence-corrected chi connectivity index (χ4v) is 2.21. The van der Waals surface area contributed by atoms with Crippen LogP contribution in [0.2, 0.25) is 5.02 Å². The third kappa shape index (κ3) is 4.33. The second kappa shape index (κ2) is 7.27. The first kappa shape index (κ1) is 15.6. The molecule has 0 radical (unpaired) electrons. The standard InChI is InChI=1S/C16H20ClN3O/c1-4-6-14-19-15(18-5-2)10-16(20-14)21-13-8-7-11(3)9-12(13)17/h7-10H,4-6H2,1-3H3,(H,18,19,20). The Labute approximate surface area is 130 Å². The van der Waals surface area contributed by atoms with Gasteiger partial charge in [0.15, 0.2) is 0 Å². The summed E-state index contributed by atoms with van der Waals surface area (Å²) in [4.78, 5) is 8.89. The van der Waals surface area contributed by atoms with E-state index >= 15 is 0 Å². The lowest BCUT2D eigenvalue weighted by molar-refractivity contribution is 0.459. The summed E-state index contributed by atoms with van der Waals surface area (Å²) >= 11 is 6.20. The molecule has 1 aromatic carbocycles. The van der Waals surface area contributed by atoms with Crippen LogP contribution in [0, 0.1) is 6.92 Å². The smallest absolute Gasteiger partial charge is 0.224 e. The first-order valence-corrected chi connectivity index (χ1v) is 7.56. The van der Waals surface area contributed by atoms with Gasteiger partial charge in [-0.05, 0) is 38.0 Å². The topological polar surface area (TPSA) is 47.0 Å². The average molecular weight is 306 g/mol. The van der Waals surface area contributed by atoms with Gasteiger partial charge in [-0.15, -0.1) is 0 Å². The van der Waals surface area contributed by atoms with Crippen LogP contribution in [0.3, 0.4) is 0 Å². The van der Waals surface area contributed by atoms with Crippen LogP contribution in [0.1, 0.15) is 31.7 Å². The van der Waals surface area contributed by atoms with Crippen molar-refractivity contribution >= 4 is 17.4 Å². The highest BCUT2D eigenvalue weighted by Gasteiger charge is 2.08. The number of halogens is 1. The maximum Gasteiger partial charge on any atom is 0.224 e. The Morgan fingerprint density at radius 3 is 2.67 bits per heavy atom. The van der Waals surface area contributed by atoms with Crippen molar-refractivity contribution in [3.63, 3.8) is 0 Å². The highest BCUT2D eigenvalue weighted by molar-refractivity contribution is 6.32. The third-order valence-electron chi connectivity index (χ3n) is 2.88. The van der Waals surface area contributed by atoms with Gasteiger partial charge in [-0.25, -0.2) is 4.98 Å². The van der Waals surface area contributed by atoms with Crippen LogP contribution in [0.5, 0.6) is 11.6 Å². The van der Waals surface area contributed by atoms with E-state index in [-0.39, 0.29) is 0 Å². The van der Waals surface area contributed by atoms with E-state index in [0.717, 1.165) is 36.6 Å². The van der Waals surface area contributed by atoms with Crippen LogP contribution in [0.4, 0.5) is 5.82 Å². The minimum Gasteiger partial charge on any atom is -0.437 e. The Morgan fingerprint density at radius 1 is 1.19 bits per heavy atom. The molecular weight excluding hydrogens is 286 g/mol. The number of hydrogen-bond donors (Lipinski definition) is 1. The Bertz CT molecular complexity index is 592. The summed E-state index contributed by atoms with van der Waals surface area (Å²) in [5.74, 6) is 2.66. The van der Waals surface area contributed by atoms with E-state index < -0.39 is 0 Å². The van der Waals surface area contributed by atoms with Gasteiger partial charge in [-0.3, -0.25) is 0 Å². The molecule has 0 saturated carbocycles. The summed E-state index contributed by atoms with van der Waals surface area (Å²) in [5.41, 5.74) is 1.09. The lowest BCUT2D eigenvalue weighted by Crippen LogP contribution is -2.04. The van der Waals surface area contributed by atoms with Gasteiger partial charge in [0, 0.05) is 19.0 Å². The van der Waals surface area contributed by atoms with Crippen LogP contribution >= 0.6 is 11.6 Å². The minimum absolute atomic E-state index is 0.509. The van der Waals surface area contributed by atoms with Crippen LogP contribution in [0.25, 0.3) is 0 Å². The van der Waals surface area contributed by atoms with Gasteiger partial charge in [0.25, 0.3) is 0 Å². The van der Waals surface area contributed by atoms with Crippen molar-refractivity contribution in [1.82, 2.24) is 9.97 Å². The molecule has 0 aliphatic rings. The molecule has 1 N–H and O–H groups in total. The molecule has 112 valence electrons. The maximum atomic E-state index is 6.20. The number of ether oxygens (including phenoxy) is 1. The van der Waals surface area contributed by atoms with Crippen molar-refractivity contribution in [2.75, 3.05) is 11.9 Å². The Balaban J connectivity index is 2.29. The van der Waals surface area contributed by atoms with Crippen molar-refractivity contribution in [2.45, 2.75) is 33.6 Å². The van der Waals surface area contributed by atoms with E-state index in [0.29, 0.717) is 16.7 Å². The van der Waals surface area contributed by atoms with Gasteiger partial charge >= 0.3 is 0 Å². The van der Waals surface area contributed by atoms with Crippen molar-refractivity contribution in [3.8, 4) is 11.6 Å². The van der Waals surface area contributed by atoms with Gasteiger partial charge in [0.05, 0.1) is 5.02 Å². The molecule has 5 heteroatoms. The molecule has 1 aromatic heterocycles. The molecule has 4 nitrogen and oxygen atoms in total. The van der Waals surface area contributed by atoms with E-state index in [2.05, 4.69) is 22.2 Å². The summed E-state index contributed by atoms with van der Waals surface area (Å²) in [7, 11) is 0. The third-order valence-corrected chi connectivity index (χ3v) is 3.18. The largest absolute Gasteiger partial charge is 0.437 e. The zero-order valence-electron chi connectivity index (χ0n) is 12.6. The van der Waals surface area contributed by atoms with Gasteiger partial charge < -0.3 is 10.1 Å². The quantitative estimate of drug-likeness (QED) is 0.846. The Morgan fingerprint density at radius 2 is 2.00 bits per heavy atom. The molecule has 0 aliphatic carbocycles. The number of hydrogen-bond acceptors (Lipinski definition) is 4. The number of anilines is 1. The molecule has 21 heavy (non-hydrogen) atoms. The molecule has 2 rings (SSSR count). The summed E-state index contributed by atoms with van der Waals surface area (Å²) < 4.78 is 5.82. The van der Waals surface area contributed by atoms with Crippen molar-refractivity contribution in [3.05, 3.63) is 40.7 Å². The van der Waals surface area contributed by atoms with Gasteiger partial charge in [-0.2, -0.15) is 4.98 Å². The summed E-state index contributed by atoms with van der Waals surface area (Å²) in [6.07, 6.45) is 1.80. The average Bonchev–Trinajstić information content (AvgIpc) is 2.42. The number of nitrogens with zero attached hydrogens (tertiary/aromatic N) is 2. The highest BCUT2D eigenvalue weighted by atomic mass is 35.5. The Hall–Kier alpha value is -1.81. The predicted molar refractivity (Wildman–Crippen MR) is 86.5 cm³/mol. The number of aromatic nitrogens is 2. The fraction of sp³-hybridized carbons (Fsp3) is 0.375. The van der Waals surface area contributed by atoms with E-state index in [1.165, 1.54) is 0 Å². The van der Waals surface area contributed by atoms with Crippen molar-refractivity contribution in [1.29, 1.82) is 0 Å². The van der Waals surface area contributed by atoms with Crippen LogP contribution in [-0.2, 0) is 6.42 Å². The second-order valence-electron chi connectivity index (χ2n) is 4.82. The van der Waals surface area contributed by atoms with Crippen LogP contribution < -0.4 is 10.1 Å². The minimum atomic E-state index is 0.509. The summed E-state index contributed by atoms with van der Waals surface area (Å²) in [6.45, 7) is 6.91.